The molecule has 2 heterocycles. The Balaban J connectivity index is 2.17. The van der Waals surface area contributed by atoms with Gasteiger partial charge in [-0.1, -0.05) is 27.7 Å². The monoisotopic (exact) mass is 330 g/mol. The number of thioether (sulfide) groups is 2. The van der Waals surface area contributed by atoms with Crippen LogP contribution >= 0.6 is 34.9 Å². The fraction of sp³-hybridized carbons (Fsp3) is 0.800. The lowest BCUT2D eigenvalue weighted by Gasteiger charge is -2.19. The molecule has 0 bridgehead atoms. The second-order valence-electron chi connectivity index (χ2n) is 6.19. The van der Waals surface area contributed by atoms with E-state index < -0.39 is 0 Å². The Bertz CT molecular complexity index is 417. The van der Waals surface area contributed by atoms with Gasteiger partial charge < -0.3 is 5.32 Å². The summed E-state index contributed by atoms with van der Waals surface area (Å²) in [6.07, 6.45) is 1.19. The van der Waals surface area contributed by atoms with Gasteiger partial charge in [0.15, 0.2) is 0 Å². The predicted octanol–water partition coefficient (Wildman–Crippen LogP) is 4.46. The first-order valence-electron chi connectivity index (χ1n) is 7.42. The van der Waals surface area contributed by atoms with Crippen molar-refractivity contribution in [3.63, 3.8) is 0 Å². The Labute approximate surface area is 135 Å². The molecule has 1 aromatic rings. The molecule has 1 atom stereocenters. The van der Waals surface area contributed by atoms with Crippen LogP contribution < -0.4 is 5.32 Å². The minimum absolute atomic E-state index is 0.143. The van der Waals surface area contributed by atoms with E-state index >= 15 is 0 Å². The summed E-state index contributed by atoms with van der Waals surface area (Å²) in [6, 6.07) is 0. The van der Waals surface area contributed by atoms with Crippen molar-refractivity contribution < 1.29 is 0 Å². The standard InChI is InChI=1S/C15H26N2S3/c1-5-6-16-9-11-13(15(2,3)4)17-14(20-11)12-10-18-7-8-19-12/h12,16H,5-10H2,1-4H3. The van der Waals surface area contributed by atoms with Crippen LogP contribution in [0.25, 0.3) is 0 Å². The molecule has 1 aromatic heterocycles. The van der Waals surface area contributed by atoms with Crippen molar-refractivity contribution in [2.24, 2.45) is 0 Å². The zero-order valence-electron chi connectivity index (χ0n) is 13.0. The lowest BCUT2D eigenvalue weighted by Crippen LogP contribution is -2.19. The van der Waals surface area contributed by atoms with Crippen molar-refractivity contribution in [2.75, 3.05) is 23.8 Å². The maximum absolute atomic E-state index is 5.03. The summed E-state index contributed by atoms with van der Waals surface area (Å²) < 4.78 is 0. The molecular formula is C15H26N2S3. The number of nitrogens with one attached hydrogen (secondary N) is 1. The van der Waals surface area contributed by atoms with Crippen LogP contribution in [0.5, 0.6) is 0 Å². The van der Waals surface area contributed by atoms with Crippen LogP contribution in [0.2, 0.25) is 0 Å². The summed E-state index contributed by atoms with van der Waals surface area (Å²) >= 11 is 6.09. The van der Waals surface area contributed by atoms with Gasteiger partial charge in [-0.3, -0.25) is 0 Å². The van der Waals surface area contributed by atoms with E-state index in [4.69, 9.17) is 4.98 Å². The van der Waals surface area contributed by atoms with Gasteiger partial charge in [0.25, 0.3) is 0 Å². The van der Waals surface area contributed by atoms with Crippen LogP contribution in [-0.4, -0.2) is 28.8 Å². The van der Waals surface area contributed by atoms with E-state index in [2.05, 4.69) is 56.5 Å². The van der Waals surface area contributed by atoms with Crippen molar-refractivity contribution in [3.8, 4) is 0 Å². The highest BCUT2D eigenvalue weighted by molar-refractivity contribution is 8.06. The third kappa shape index (κ3) is 4.39. The molecule has 0 amide bonds. The van der Waals surface area contributed by atoms with E-state index in [9.17, 15) is 0 Å². The highest BCUT2D eigenvalue weighted by Crippen LogP contribution is 2.41. The molecule has 1 saturated heterocycles. The number of hydrogen-bond donors (Lipinski definition) is 1. The van der Waals surface area contributed by atoms with E-state index in [0.29, 0.717) is 5.25 Å². The van der Waals surface area contributed by atoms with E-state index in [-0.39, 0.29) is 5.41 Å². The molecule has 5 heteroatoms. The van der Waals surface area contributed by atoms with Crippen molar-refractivity contribution in [2.45, 2.75) is 51.3 Å². The summed E-state index contributed by atoms with van der Waals surface area (Å²) in [5, 5.41) is 5.50. The van der Waals surface area contributed by atoms with Crippen LogP contribution in [0.1, 0.15) is 54.9 Å². The highest BCUT2D eigenvalue weighted by Gasteiger charge is 2.27. The normalized spacial score (nSPS) is 20.3. The smallest absolute Gasteiger partial charge is 0.107 e. The van der Waals surface area contributed by atoms with Crippen LogP contribution in [0, 0.1) is 0 Å². The molecule has 0 saturated carbocycles. The molecule has 1 N–H and O–H groups in total. The van der Waals surface area contributed by atoms with Gasteiger partial charge in [-0.25, -0.2) is 4.98 Å². The second kappa shape index (κ2) is 7.52. The summed E-state index contributed by atoms with van der Waals surface area (Å²) in [6.45, 7) is 11.1. The number of hydrogen-bond acceptors (Lipinski definition) is 5. The first kappa shape index (κ1) is 16.7. The maximum Gasteiger partial charge on any atom is 0.107 e. The Morgan fingerprint density at radius 3 is 2.70 bits per heavy atom. The lowest BCUT2D eigenvalue weighted by molar-refractivity contribution is 0.557. The van der Waals surface area contributed by atoms with Crippen molar-refractivity contribution >= 4 is 34.9 Å². The van der Waals surface area contributed by atoms with Crippen molar-refractivity contribution in [3.05, 3.63) is 15.6 Å². The van der Waals surface area contributed by atoms with E-state index in [0.717, 1.165) is 13.1 Å². The maximum atomic E-state index is 5.03. The first-order chi connectivity index (χ1) is 9.52. The molecule has 1 aliphatic heterocycles. The van der Waals surface area contributed by atoms with Crippen LogP contribution in [-0.2, 0) is 12.0 Å². The quantitative estimate of drug-likeness (QED) is 0.806. The first-order valence-corrected chi connectivity index (χ1v) is 10.4. The number of aromatic nitrogens is 1. The fourth-order valence-corrected chi connectivity index (χ4v) is 6.45. The van der Waals surface area contributed by atoms with Gasteiger partial charge in [-0.2, -0.15) is 11.8 Å². The molecule has 0 radical (unpaired) electrons. The lowest BCUT2D eigenvalue weighted by atomic mass is 9.91. The van der Waals surface area contributed by atoms with Gasteiger partial charge in [-0.05, 0) is 13.0 Å². The predicted molar refractivity (Wildman–Crippen MR) is 95.3 cm³/mol. The van der Waals surface area contributed by atoms with Gasteiger partial charge in [0.2, 0.25) is 0 Å². The summed E-state index contributed by atoms with van der Waals surface area (Å²) in [5.41, 5.74) is 1.45. The number of rotatable bonds is 5. The molecule has 20 heavy (non-hydrogen) atoms. The summed E-state index contributed by atoms with van der Waals surface area (Å²) in [7, 11) is 0. The Kier molecular flexibility index (Phi) is 6.26. The van der Waals surface area contributed by atoms with E-state index in [1.54, 1.807) is 0 Å². The number of thiazole rings is 1. The topological polar surface area (TPSA) is 24.9 Å². The molecule has 0 spiro atoms. The Morgan fingerprint density at radius 2 is 2.10 bits per heavy atom. The largest absolute Gasteiger partial charge is 0.312 e. The molecule has 114 valence electrons. The molecule has 2 rings (SSSR count). The molecule has 1 unspecified atom stereocenters. The van der Waals surface area contributed by atoms with Crippen molar-refractivity contribution in [1.29, 1.82) is 0 Å². The van der Waals surface area contributed by atoms with Crippen LogP contribution in [0.15, 0.2) is 0 Å². The van der Waals surface area contributed by atoms with Gasteiger partial charge >= 0.3 is 0 Å². The third-order valence-electron chi connectivity index (χ3n) is 3.23. The summed E-state index contributed by atoms with van der Waals surface area (Å²) in [5.74, 6) is 3.79. The molecule has 1 fully saturated rings. The number of nitrogens with zero attached hydrogens (tertiary/aromatic N) is 1. The van der Waals surface area contributed by atoms with E-state index in [1.807, 2.05) is 11.3 Å². The van der Waals surface area contributed by atoms with Gasteiger partial charge in [0.1, 0.15) is 5.01 Å². The molecule has 0 aromatic carbocycles. The van der Waals surface area contributed by atoms with Gasteiger partial charge in [0, 0.05) is 34.1 Å². The third-order valence-corrected chi connectivity index (χ3v) is 7.31. The zero-order chi connectivity index (χ0) is 14.6. The minimum Gasteiger partial charge on any atom is -0.312 e. The Morgan fingerprint density at radius 1 is 1.30 bits per heavy atom. The average molecular weight is 331 g/mol. The second-order valence-corrected chi connectivity index (χ2v) is 9.76. The average Bonchev–Trinajstić information content (AvgIpc) is 2.84. The van der Waals surface area contributed by atoms with Crippen LogP contribution in [0.4, 0.5) is 0 Å². The zero-order valence-corrected chi connectivity index (χ0v) is 15.4. The van der Waals surface area contributed by atoms with Gasteiger partial charge in [0.05, 0.1) is 10.9 Å². The van der Waals surface area contributed by atoms with Crippen molar-refractivity contribution in [1.82, 2.24) is 10.3 Å². The Hall–Kier alpha value is 0.290. The molecule has 2 nitrogen and oxygen atoms in total. The minimum atomic E-state index is 0.143. The molecule has 0 aliphatic carbocycles. The molecular weight excluding hydrogens is 304 g/mol. The highest BCUT2D eigenvalue weighted by atomic mass is 32.2. The van der Waals surface area contributed by atoms with Crippen LogP contribution in [0.3, 0.4) is 0 Å². The fourth-order valence-electron chi connectivity index (χ4n) is 2.22. The molecule has 1 aliphatic rings. The van der Waals surface area contributed by atoms with E-state index in [1.165, 1.54) is 39.3 Å². The SMILES string of the molecule is CCCNCc1sc(C2CSCCS2)nc1C(C)(C)C. The summed E-state index contributed by atoms with van der Waals surface area (Å²) in [4.78, 5) is 6.47. The van der Waals surface area contributed by atoms with Gasteiger partial charge in [-0.15, -0.1) is 23.1 Å².